The molecule has 1 fully saturated rings. The number of aromatic nitrogens is 2. The number of piperidine rings is 1. The number of H-pyrrole nitrogens is 1. The Kier molecular flexibility index (Phi) is 4.80. The van der Waals surface area contributed by atoms with Crippen molar-refractivity contribution in [1.29, 1.82) is 0 Å². The first-order valence-electron chi connectivity index (χ1n) is 8.16. The van der Waals surface area contributed by atoms with Gasteiger partial charge >= 0.3 is 0 Å². The lowest BCUT2D eigenvalue weighted by Gasteiger charge is -2.34. The second-order valence-electron chi connectivity index (χ2n) is 6.42. The van der Waals surface area contributed by atoms with Crippen LogP contribution in [-0.4, -0.2) is 61.0 Å². The summed E-state index contributed by atoms with van der Waals surface area (Å²) >= 11 is 0. The first-order chi connectivity index (χ1) is 11.4. The Hall–Kier alpha value is -1.64. The van der Waals surface area contributed by atoms with Crippen molar-refractivity contribution in [2.24, 2.45) is 0 Å². The smallest absolute Gasteiger partial charge is 0.246 e. The zero-order chi connectivity index (χ0) is 17.3. The van der Waals surface area contributed by atoms with Gasteiger partial charge in [0.2, 0.25) is 10.0 Å². The molecule has 3 heterocycles. The minimum absolute atomic E-state index is 0.216. The molecule has 7 nitrogen and oxygen atoms in total. The zero-order valence-corrected chi connectivity index (χ0v) is 15.1. The largest absolute Gasteiger partial charge is 0.458 e. The summed E-state index contributed by atoms with van der Waals surface area (Å²) in [4.78, 5) is 2.46. The number of likely N-dealkylation sites (N-methyl/N-ethyl adjacent to an activating group) is 2. The third kappa shape index (κ3) is 3.26. The normalized spacial score (nSPS) is 19.9. The Balaban J connectivity index is 1.82. The van der Waals surface area contributed by atoms with E-state index in [4.69, 9.17) is 4.42 Å². The monoisotopic (exact) mass is 352 g/mol. The fraction of sp³-hybridized carbons (Fsp3) is 0.562. The van der Waals surface area contributed by atoms with Crippen molar-refractivity contribution in [2.45, 2.75) is 37.1 Å². The summed E-state index contributed by atoms with van der Waals surface area (Å²) in [6, 6.07) is 3.58. The maximum Gasteiger partial charge on any atom is 0.246 e. The molecule has 0 radical (unpaired) electrons. The standard InChI is InChI=1S/C16H24N4O3S/c1-12-16(10-15(23-12)14-7-8-17-18-14)24(21,22)20(3)11-13-6-4-5-9-19(13)2/h7-8,10,13H,4-6,9,11H2,1-3H3,(H,17,18). The number of aryl methyl sites for hydroxylation is 1. The SMILES string of the molecule is Cc1oc(-c2ccn[nH]2)cc1S(=O)(=O)N(C)CC1CCCCN1C. The van der Waals surface area contributed by atoms with E-state index in [1.54, 1.807) is 32.3 Å². The Bertz CT molecular complexity index is 782. The molecule has 0 saturated carbocycles. The second kappa shape index (κ2) is 6.70. The molecule has 0 aromatic carbocycles. The molecule has 1 unspecified atom stereocenters. The van der Waals surface area contributed by atoms with E-state index in [0.29, 0.717) is 23.8 Å². The fourth-order valence-corrected chi connectivity index (χ4v) is 4.55. The van der Waals surface area contributed by atoms with Crippen LogP contribution in [0.2, 0.25) is 0 Å². The van der Waals surface area contributed by atoms with Gasteiger partial charge in [-0.1, -0.05) is 6.42 Å². The molecular formula is C16H24N4O3S. The molecule has 2 aromatic heterocycles. The van der Waals surface area contributed by atoms with Crippen LogP contribution in [-0.2, 0) is 10.0 Å². The van der Waals surface area contributed by atoms with Crippen molar-refractivity contribution in [2.75, 3.05) is 27.2 Å². The molecule has 1 atom stereocenters. The highest BCUT2D eigenvalue weighted by Crippen LogP contribution is 2.29. The minimum Gasteiger partial charge on any atom is -0.458 e. The van der Waals surface area contributed by atoms with Gasteiger partial charge in [0.1, 0.15) is 16.3 Å². The second-order valence-corrected chi connectivity index (χ2v) is 8.43. The molecular weight excluding hydrogens is 328 g/mol. The van der Waals surface area contributed by atoms with Crippen LogP contribution in [0.15, 0.2) is 27.6 Å². The molecule has 0 amide bonds. The summed E-state index contributed by atoms with van der Waals surface area (Å²) < 4.78 is 32.9. The number of nitrogens with one attached hydrogen (secondary N) is 1. The molecule has 24 heavy (non-hydrogen) atoms. The first-order valence-corrected chi connectivity index (χ1v) is 9.60. The minimum atomic E-state index is -3.58. The Labute approximate surface area is 142 Å². The van der Waals surface area contributed by atoms with Crippen molar-refractivity contribution in [1.82, 2.24) is 19.4 Å². The Morgan fingerprint density at radius 2 is 2.25 bits per heavy atom. The Morgan fingerprint density at radius 1 is 1.46 bits per heavy atom. The molecule has 1 aliphatic rings. The fourth-order valence-electron chi connectivity index (χ4n) is 3.18. The zero-order valence-electron chi connectivity index (χ0n) is 14.3. The van der Waals surface area contributed by atoms with Gasteiger partial charge in [-0.05, 0) is 39.4 Å². The van der Waals surface area contributed by atoms with E-state index in [2.05, 4.69) is 22.1 Å². The van der Waals surface area contributed by atoms with Crippen LogP contribution in [0.4, 0.5) is 0 Å². The van der Waals surface area contributed by atoms with E-state index in [-0.39, 0.29) is 10.9 Å². The summed E-state index contributed by atoms with van der Waals surface area (Å²) in [5.41, 5.74) is 0.661. The van der Waals surface area contributed by atoms with E-state index < -0.39 is 10.0 Å². The molecule has 1 N–H and O–H groups in total. The number of hydrogen-bond acceptors (Lipinski definition) is 5. The molecule has 2 aromatic rings. The molecule has 3 rings (SSSR count). The molecule has 0 spiro atoms. The summed E-state index contributed by atoms with van der Waals surface area (Å²) in [5, 5.41) is 6.66. The average molecular weight is 352 g/mol. The van der Waals surface area contributed by atoms with Gasteiger partial charge in [-0.3, -0.25) is 5.10 Å². The van der Waals surface area contributed by atoms with Crippen LogP contribution in [0.5, 0.6) is 0 Å². The van der Waals surface area contributed by atoms with Crippen molar-refractivity contribution < 1.29 is 12.8 Å². The van der Waals surface area contributed by atoms with Crippen molar-refractivity contribution in [3.63, 3.8) is 0 Å². The van der Waals surface area contributed by atoms with Crippen LogP contribution in [0.3, 0.4) is 0 Å². The Morgan fingerprint density at radius 3 is 2.92 bits per heavy atom. The number of hydrogen-bond donors (Lipinski definition) is 1. The first kappa shape index (κ1) is 17.2. The van der Waals surface area contributed by atoms with Gasteiger partial charge < -0.3 is 9.32 Å². The highest BCUT2D eigenvalue weighted by molar-refractivity contribution is 7.89. The average Bonchev–Trinajstić information content (AvgIpc) is 3.18. The van der Waals surface area contributed by atoms with Gasteiger partial charge in [0, 0.05) is 31.9 Å². The van der Waals surface area contributed by atoms with Gasteiger partial charge in [0.15, 0.2) is 5.76 Å². The number of sulfonamides is 1. The highest BCUT2D eigenvalue weighted by Gasteiger charge is 2.30. The summed E-state index contributed by atoms with van der Waals surface area (Å²) in [5.74, 6) is 0.871. The van der Waals surface area contributed by atoms with E-state index in [9.17, 15) is 8.42 Å². The number of nitrogens with zero attached hydrogens (tertiary/aromatic N) is 3. The number of rotatable bonds is 5. The molecule has 8 heteroatoms. The lowest BCUT2D eigenvalue weighted by molar-refractivity contribution is 0.166. The van der Waals surface area contributed by atoms with E-state index in [0.717, 1.165) is 19.4 Å². The van der Waals surface area contributed by atoms with Gasteiger partial charge in [0.25, 0.3) is 0 Å². The van der Waals surface area contributed by atoms with Crippen LogP contribution >= 0.6 is 0 Å². The van der Waals surface area contributed by atoms with Crippen LogP contribution in [0, 0.1) is 6.92 Å². The van der Waals surface area contributed by atoms with Crippen molar-refractivity contribution in [3.05, 3.63) is 24.1 Å². The summed E-state index contributed by atoms with van der Waals surface area (Å²) in [7, 11) is 0.114. The molecule has 132 valence electrons. The van der Waals surface area contributed by atoms with Gasteiger partial charge in [0.05, 0.1) is 0 Å². The summed E-state index contributed by atoms with van der Waals surface area (Å²) in [6.45, 7) is 3.18. The lowest BCUT2D eigenvalue weighted by Crippen LogP contribution is -2.45. The summed E-state index contributed by atoms with van der Waals surface area (Å²) in [6.07, 6.45) is 4.96. The molecule has 0 aliphatic carbocycles. The molecule has 1 aliphatic heterocycles. The lowest BCUT2D eigenvalue weighted by atomic mass is 10.0. The van der Waals surface area contributed by atoms with Crippen LogP contribution in [0.1, 0.15) is 25.0 Å². The maximum absolute atomic E-state index is 12.9. The third-order valence-electron chi connectivity index (χ3n) is 4.72. The van der Waals surface area contributed by atoms with E-state index in [1.807, 2.05) is 0 Å². The van der Waals surface area contributed by atoms with Crippen LogP contribution in [0.25, 0.3) is 11.5 Å². The number of furan rings is 1. The van der Waals surface area contributed by atoms with Gasteiger partial charge in [-0.2, -0.15) is 9.40 Å². The number of likely N-dealkylation sites (tertiary alicyclic amines) is 1. The van der Waals surface area contributed by atoms with E-state index in [1.165, 1.54) is 10.7 Å². The van der Waals surface area contributed by atoms with Crippen molar-refractivity contribution in [3.8, 4) is 11.5 Å². The topological polar surface area (TPSA) is 82.4 Å². The van der Waals surface area contributed by atoms with Gasteiger partial charge in [-0.25, -0.2) is 8.42 Å². The highest BCUT2D eigenvalue weighted by atomic mass is 32.2. The van der Waals surface area contributed by atoms with E-state index >= 15 is 0 Å². The quantitative estimate of drug-likeness (QED) is 0.891. The predicted molar refractivity (Wildman–Crippen MR) is 91.1 cm³/mol. The number of aromatic amines is 1. The third-order valence-corrected chi connectivity index (χ3v) is 6.65. The van der Waals surface area contributed by atoms with Crippen LogP contribution < -0.4 is 0 Å². The molecule has 0 bridgehead atoms. The maximum atomic E-state index is 12.9. The van der Waals surface area contributed by atoms with Crippen molar-refractivity contribution >= 4 is 10.0 Å². The molecule has 1 saturated heterocycles. The van der Waals surface area contributed by atoms with Gasteiger partial charge in [-0.15, -0.1) is 0 Å². The predicted octanol–water partition coefficient (Wildman–Crippen LogP) is 2.08.